The number of aromatic amines is 1. The van der Waals surface area contributed by atoms with E-state index in [0.717, 1.165) is 12.8 Å². The van der Waals surface area contributed by atoms with Crippen LogP contribution < -0.4 is 16.7 Å². The Labute approximate surface area is 148 Å². The normalized spacial score (nSPS) is 11.5. The number of phenols is 1. The van der Waals surface area contributed by atoms with Gasteiger partial charge in [0.15, 0.2) is 11.2 Å². The molecule has 0 bridgehead atoms. The number of phenolic OH excluding ortho intramolecular Hbond substituents is 1. The van der Waals surface area contributed by atoms with Gasteiger partial charge in [-0.3, -0.25) is 14.3 Å². The largest absolute Gasteiger partial charge is 0.507 e. The van der Waals surface area contributed by atoms with Crippen LogP contribution in [0.5, 0.6) is 5.75 Å². The minimum absolute atomic E-state index is 0.108. The molecule has 3 N–H and O–H groups in total. The van der Waals surface area contributed by atoms with Crippen LogP contribution in [0.4, 0.5) is 5.95 Å². The van der Waals surface area contributed by atoms with Gasteiger partial charge in [0.2, 0.25) is 5.95 Å². The molecule has 0 radical (unpaired) electrons. The van der Waals surface area contributed by atoms with Crippen LogP contribution in [0.15, 0.2) is 39.0 Å². The summed E-state index contributed by atoms with van der Waals surface area (Å²) in [5.41, 5.74) is 2.95. The number of nitrogens with zero attached hydrogens (tertiary/aromatic N) is 4. The first-order valence-electron chi connectivity index (χ1n) is 8.29. The summed E-state index contributed by atoms with van der Waals surface area (Å²) in [4.78, 5) is 30.7. The third-order valence-corrected chi connectivity index (χ3v) is 4.05. The van der Waals surface area contributed by atoms with E-state index in [1.165, 1.54) is 10.8 Å². The summed E-state index contributed by atoms with van der Waals surface area (Å²) in [7, 11) is 1.55. The van der Waals surface area contributed by atoms with Crippen molar-refractivity contribution in [1.82, 2.24) is 19.1 Å². The van der Waals surface area contributed by atoms with Crippen LogP contribution in [0.2, 0.25) is 0 Å². The van der Waals surface area contributed by atoms with Gasteiger partial charge < -0.3 is 9.67 Å². The number of hydrogen-bond acceptors (Lipinski definition) is 6. The van der Waals surface area contributed by atoms with Crippen molar-refractivity contribution < 1.29 is 5.11 Å². The molecule has 1 aromatic carbocycles. The first kappa shape index (κ1) is 17.5. The average Bonchev–Trinajstić information content (AvgIpc) is 2.99. The SMILES string of the molecule is CCCCn1c(N/N=C\c2ccccc2O)nc2c1c(=O)[nH]c(=O)n2C. The standard InChI is InChI=1S/C17H20N6O3/c1-3-4-9-23-13-14(22(2)17(26)20-15(13)25)19-16(23)21-18-10-11-7-5-6-8-12(11)24/h5-8,10,24H,3-4,9H2,1-2H3,(H,19,21)(H,20,25,26)/b18-10-. The minimum atomic E-state index is -0.521. The number of imidazole rings is 1. The number of aromatic nitrogens is 4. The molecule has 3 rings (SSSR count). The molecule has 0 fully saturated rings. The Hall–Kier alpha value is -3.36. The van der Waals surface area contributed by atoms with Crippen LogP contribution in [0, 0.1) is 0 Å². The minimum Gasteiger partial charge on any atom is -0.507 e. The number of nitrogens with one attached hydrogen (secondary N) is 2. The highest BCUT2D eigenvalue weighted by atomic mass is 16.3. The molecule has 2 aromatic heterocycles. The number of anilines is 1. The van der Waals surface area contributed by atoms with Crippen molar-refractivity contribution in [3.63, 3.8) is 0 Å². The number of benzene rings is 1. The molecule has 0 aliphatic carbocycles. The molecule has 0 saturated carbocycles. The molecule has 3 aromatic rings. The van der Waals surface area contributed by atoms with Crippen LogP contribution >= 0.6 is 0 Å². The van der Waals surface area contributed by atoms with Crippen molar-refractivity contribution >= 4 is 23.3 Å². The summed E-state index contributed by atoms with van der Waals surface area (Å²) in [6.07, 6.45) is 3.23. The molecule has 0 unspecified atom stereocenters. The first-order valence-corrected chi connectivity index (χ1v) is 8.29. The third kappa shape index (κ3) is 3.23. The second kappa shape index (κ2) is 7.26. The van der Waals surface area contributed by atoms with Crippen LogP contribution in [0.25, 0.3) is 11.2 Å². The van der Waals surface area contributed by atoms with Gasteiger partial charge in [0.25, 0.3) is 5.56 Å². The first-order chi connectivity index (χ1) is 12.5. The zero-order valence-electron chi connectivity index (χ0n) is 14.6. The van der Waals surface area contributed by atoms with E-state index in [1.807, 2.05) is 6.92 Å². The van der Waals surface area contributed by atoms with Crippen molar-refractivity contribution in [3.8, 4) is 5.75 Å². The fourth-order valence-electron chi connectivity index (χ4n) is 2.61. The summed E-state index contributed by atoms with van der Waals surface area (Å²) in [5.74, 6) is 0.461. The topological polar surface area (TPSA) is 117 Å². The lowest BCUT2D eigenvalue weighted by molar-refractivity contribution is 0.474. The van der Waals surface area contributed by atoms with Gasteiger partial charge in [0, 0.05) is 19.2 Å². The summed E-state index contributed by atoms with van der Waals surface area (Å²) < 4.78 is 3.00. The molecule has 9 heteroatoms. The Morgan fingerprint density at radius 2 is 2.12 bits per heavy atom. The average molecular weight is 356 g/mol. The zero-order valence-corrected chi connectivity index (χ0v) is 14.6. The lowest BCUT2D eigenvalue weighted by Crippen LogP contribution is -2.29. The van der Waals surface area contributed by atoms with E-state index in [0.29, 0.717) is 23.6 Å². The van der Waals surface area contributed by atoms with Crippen molar-refractivity contribution in [3.05, 3.63) is 50.7 Å². The Morgan fingerprint density at radius 3 is 2.85 bits per heavy atom. The quantitative estimate of drug-likeness (QED) is 0.455. The number of fused-ring (bicyclic) bond motifs is 1. The molecule has 2 heterocycles. The van der Waals surface area contributed by atoms with Gasteiger partial charge in [-0.1, -0.05) is 25.5 Å². The summed E-state index contributed by atoms with van der Waals surface area (Å²) in [6, 6.07) is 6.78. The highest BCUT2D eigenvalue weighted by Gasteiger charge is 2.16. The van der Waals surface area contributed by atoms with E-state index in [1.54, 1.807) is 35.9 Å². The Morgan fingerprint density at radius 1 is 1.35 bits per heavy atom. The van der Waals surface area contributed by atoms with Crippen molar-refractivity contribution in [1.29, 1.82) is 0 Å². The molecule has 0 atom stereocenters. The highest BCUT2D eigenvalue weighted by Crippen LogP contribution is 2.17. The van der Waals surface area contributed by atoms with Crippen LogP contribution in [-0.4, -0.2) is 30.4 Å². The van der Waals surface area contributed by atoms with E-state index in [-0.39, 0.29) is 11.4 Å². The predicted molar refractivity (Wildman–Crippen MR) is 99.8 cm³/mol. The highest BCUT2D eigenvalue weighted by molar-refractivity contribution is 5.83. The van der Waals surface area contributed by atoms with E-state index in [4.69, 9.17) is 0 Å². The number of hydrazone groups is 1. The Kier molecular flexibility index (Phi) is 4.87. The van der Waals surface area contributed by atoms with Gasteiger partial charge in [-0.05, 0) is 18.6 Å². The fraction of sp³-hybridized carbons (Fsp3) is 0.294. The lowest BCUT2D eigenvalue weighted by atomic mass is 10.2. The van der Waals surface area contributed by atoms with Crippen LogP contribution in [0.1, 0.15) is 25.3 Å². The van der Waals surface area contributed by atoms with E-state index in [2.05, 4.69) is 20.5 Å². The molecular weight excluding hydrogens is 336 g/mol. The lowest BCUT2D eigenvalue weighted by Gasteiger charge is -2.07. The van der Waals surface area contributed by atoms with Gasteiger partial charge in [0.05, 0.1) is 6.21 Å². The maximum atomic E-state index is 12.3. The Bertz CT molecular complexity index is 1080. The number of aryl methyl sites for hydroxylation is 2. The Balaban J connectivity index is 2.03. The maximum absolute atomic E-state index is 12.3. The number of rotatable bonds is 6. The number of aromatic hydroxyl groups is 1. The summed E-state index contributed by atoms with van der Waals surface area (Å²) >= 11 is 0. The van der Waals surface area contributed by atoms with Crippen LogP contribution in [-0.2, 0) is 13.6 Å². The monoisotopic (exact) mass is 356 g/mol. The van der Waals surface area contributed by atoms with E-state index >= 15 is 0 Å². The van der Waals surface area contributed by atoms with Gasteiger partial charge in [-0.15, -0.1) is 0 Å². The van der Waals surface area contributed by atoms with E-state index < -0.39 is 11.2 Å². The van der Waals surface area contributed by atoms with Gasteiger partial charge in [-0.2, -0.15) is 10.1 Å². The van der Waals surface area contributed by atoms with Crippen molar-refractivity contribution in [2.24, 2.45) is 12.1 Å². The fourth-order valence-corrected chi connectivity index (χ4v) is 2.61. The number of hydrogen-bond donors (Lipinski definition) is 3. The summed E-state index contributed by atoms with van der Waals surface area (Å²) in [5, 5.41) is 13.9. The van der Waals surface area contributed by atoms with E-state index in [9.17, 15) is 14.7 Å². The number of para-hydroxylation sites is 1. The number of H-pyrrole nitrogens is 1. The molecular formula is C17H20N6O3. The zero-order chi connectivity index (χ0) is 18.7. The van der Waals surface area contributed by atoms with Crippen molar-refractivity contribution in [2.75, 3.05) is 5.43 Å². The van der Waals surface area contributed by atoms with Gasteiger partial charge >= 0.3 is 5.69 Å². The van der Waals surface area contributed by atoms with Crippen LogP contribution in [0.3, 0.4) is 0 Å². The number of unbranched alkanes of at least 4 members (excludes halogenated alkanes) is 1. The van der Waals surface area contributed by atoms with Gasteiger partial charge in [-0.25, -0.2) is 10.2 Å². The van der Waals surface area contributed by atoms with Gasteiger partial charge in [0.1, 0.15) is 5.75 Å². The molecule has 0 saturated heterocycles. The molecule has 0 spiro atoms. The molecule has 9 nitrogen and oxygen atoms in total. The second-order valence-corrected chi connectivity index (χ2v) is 5.86. The molecule has 26 heavy (non-hydrogen) atoms. The predicted octanol–water partition coefficient (Wildman–Crippen LogP) is 1.37. The van der Waals surface area contributed by atoms with Crippen molar-refractivity contribution in [2.45, 2.75) is 26.3 Å². The molecule has 0 aliphatic rings. The third-order valence-electron chi connectivity index (χ3n) is 4.05. The molecule has 0 amide bonds. The molecule has 136 valence electrons. The smallest absolute Gasteiger partial charge is 0.329 e. The second-order valence-electron chi connectivity index (χ2n) is 5.86. The summed E-state index contributed by atoms with van der Waals surface area (Å²) in [6.45, 7) is 2.60. The molecule has 0 aliphatic heterocycles. The maximum Gasteiger partial charge on any atom is 0.329 e.